The number of amidine groups is 1. The van der Waals surface area contributed by atoms with Crippen molar-refractivity contribution in [1.29, 1.82) is 5.41 Å². The molecule has 0 aromatic rings. The van der Waals surface area contributed by atoms with Crippen LogP contribution in [0.3, 0.4) is 0 Å². The van der Waals surface area contributed by atoms with E-state index in [4.69, 9.17) is 5.41 Å². The van der Waals surface area contributed by atoms with Crippen LogP contribution in [0.2, 0.25) is 0 Å². The summed E-state index contributed by atoms with van der Waals surface area (Å²) in [5.41, 5.74) is 0. The summed E-state index contributed by atoms with van der Waals surface area (Å²) in [4.78, 5) is 0. The van der Waals surface area contributed by atoms with Crippen LogP contribution in [0, 0.1) is 11.3 Å². The smallest absolute Gasteiger partial charge is 0.123 e. The van der Waals surface area contributed by atoms with Crippen LogP contribution in [0.25, 0.3) is 0 Å². The molecule has 0 unspecified atom stereocenters. The normalized spacial score (nSPS) is 33.5. The quantitative estimate of drug-likeness (QED) is 0.580. The van der Waals surface area contributed by atoms with Crippen LogP contribution in [-0.4, -0.2) is 23.1 Å². The monoisotopic (exact) mass is 184 g/mol. The summed E-state index contributed by atoms with van der Waals surface area (Å²) in [5.74, 6) is 0.498. The van der Waals surface area contributed by atoms with Crippen LogP contribution in [0.5, 0.6) is 0 Å². The molecule has 3 nitrogen and oxygen atoms in total. The van der Waals surface area contributed by atoms with Crippen molar-refractivity contribution in [3.63, 3.8) is 0 Å². The van der Waals surface area contributed by atoms with Gasteiger partial charge in [0.1, 0.15) is 11.9 Å². The number of hydrogen-bond donors (Lipinski definition) is 3. The SMILES string of the molecule is CCCCC[C@@H]1NC(=N)[C@H](O)[C@H]1C. The van der Waals surface area contributed by atoms with Crippen molar-refractivity contribution in [3.05, 3.63) is 0 Å². The van der Waals surface area contributed by atoms with Crippen molar-refractivity contribution in [2.24, 2.45) is 5.92 Å². The van der Waals surface area contributed by atoms with Gasteiger partial charge >= 0.3 is 0 Å². The number of nitrogens with one attached hydrogen (secondary N) is 2. The lowest BCUT2D eigenvalue weighted by molar-refractivity contribution is 0.179. The minimum Gasteiger partial charge on any atom is -0.385 e. The highest BCUT2D eigenvalue weighted by molar-refractivity contribution is 5.86. The number of rotatable bonds is 4. The average Bonchev–Trinajstić information content (AvgIpc) is 2.34. The van der Waals surface area contributed by atoms with Gasteiger partial charge in [-0.05, 0) is 6.42 Å². The molecular formula is C10H20N2O. The van der Waals surface area contributed by atoms with Crippen molar-refractivity contribution in [1.82, 2.24) is 5.32 Å². The van der Waals surface area contributed by atoms with Gasteiger partial charge in [-0.25, -0.2) is 0 Å². The predicted molar refractivity (Wildman–Crippen MR) is 54.0 cm³/mol. The van der Waals surface area contributed by atoms with Gasteiger partial charge in [-0.2, -0.15) is 0 Å². The maximum Gasteiger partial charge on any atom is 0.123 e. The zero-order valence-corrected chi connectivity index (χ0v) is 8.51. The highest BCUT2D eigenvalue weighted by atomic mass is 16.3. The molecule has 0 bridgehead atoms. The van der Waals surface area contributed by atoms with Gasteiger partial charge in [0.15, 0.2) is 0 Å². The maximum absolute atomic E-state index is 9.51. The zero-order valence-electron chi connectivity index (χ0n) is 8.51. The Labute approximate surface area is 80.0 Å². The molecule has 3 atom stereocenters. The van der Waals surface area contributed by atoms with Crippen LogP contribution in [0.4, 0.5) is 0 Å². The third-order valence-corrected chi connectivity index (χ3v) is 2.89. The molecule has 0 spiro atoms. The van der Waals surface area contributed by atoms with E-state index in [0.29, 0.717) is 11.9 Å². The molecule has 0 radical (unpaired) electrons. The molecule has 1 rings (SSSR count). The molecule has 1 fully saturated rings. The van der Waals surface area contributed by atoms with Crippen LogP contribution < -0.4 is 5.32 Å². The molecule has 1 aliphatic heterocycles. The number of unbranched alkanes of at least 4 members (excludes halogenated alkanes) is 2. The third-order valence-electron chi connectivity index (χ3n) is 2.89. The number of aliphatic hydroxyl groups is 1. The van der Waals surface area contributed by atoms with Crippen LogP contribution in [-0.2, 0) is 0 Å². The molecule has 76 valence electrons. The first-order valence-corrected chi connectivity index (χ1v) is 5.19. The van der Waals surface area contributed by atoms with E-state index in [1.807, 2.05) is 6.92 Å². The van der Waals surface area contributed by atoms with Crippen molar-refractivity contribution in [2.75, 3.05) is 0 Å². The Balaban J connectivity index is 2.31. The summed E-state index contributed by atoms with van der Waals surface area (Å²) in [6.07, 6.45) is 4.18. The summed E-state index contributed by atoms with van der Waals surface area (Å²) in [6.45, 7) is 4.19. The number of aliphatic hydroxyl groups excluding tert-OH is 1. The summed E-state index contributed by atoms with van der Waals surface area (Å²) in [6, 6.07) is 0.314. The molecule has 1 heterocycles. The first-order chi connectivity index (χ1) is 6.16. The largest absolute Gasteiger partial charge is 0.385 e. The van der Waals surface area contributed by atoms with E-state index in [0.717, 1.165) is 6.42 Å². The van der Waals surface area contributed by atoms with E-state index < -0.39 is 6.10 Å². The Kier molecular flexibility index (Phi) is 3.72. The summed E-state index contributed by atoms with van der Waals surface area (Å²) >= 11 is 0. The fraction of sp³-hybridized carbons (Fsp3) is 0.900. The van der Waals surface area contributed by atoms with Gasteiger partial charge in [-0.1, -0.05) is 33.1 Å². The fourth-order valence-electron chi connectivity index (χ4n) is 1.85. The summed E-state index contributed by atoms with van der Waals surface area (Å²) in [5, 5.41) is 20.0. The Morgan fingerprint density at radius 3 is 2.62 bits per heavy atom. The third kappa shape index (κ3) is 2.44. The number of hydrogen-bond acceptors (Lipinski definition) is 2. The van der Waals surface area contributed by atoms with Crippen molar-refractivity contribution >= 4 is 5.84 Å². The minimum atomic E-state index is -0.563. The van der Waals surface area contributed by atoms with Crippen LogP contribution >= 0.6 is 0 Å². The van der Waals surface area contributed by atoms with E-state index >= 15 is 0 Å². The van der Waals surface area contributed by atoms with Gasteiger partial charge in [0.05, 0.1) is 0 Å². The Hall–Kier alpha value is -0.570. The van der Waals surface area contributed by atoms with Crippen molar-refractivity contribution in [2.45, 2.75) is 51.7 Å². The van der Waals surface area contributed by atoms with Gasteiger partial charge in [0.25, 0.3) is 0 Å². The fourth-order valence-corrected chi connectivity index (χ4v) is 1.85. The second-order valence-corrected chi connectivity index (χ2v) is 3.96. The summed E-state index contributed by atoms with van der Waals surface area (Å²) < 4.78 is 0. The lowest BCUT2D eigenvalue weighted by Crippen LogP contribution is -2.27. The molecular weight excluding hydrogens is 164 g/mol. The summed E-state index contributed by atoms with van der Waals surface area (Å²) in [7, 11) is 0. The average molecular weight is 184 g/mol. The molecule has 3 N–H and O–H groups in total. The highest BCUT2D eigenvalue weighted by Crippen LogP contribution is 2.21. The second-order valence-electron chi connectivity index (χ2n) is 3.96. The first-order valence-electron chi connectivity index (χ1n) is 5.19. The molecule has 1 saturated heterocycles. The zero-order chi connectivity index (χ0) is 9.84. The van der Waals surface area contributed by atoms with E-state index in [1.54, 1.807) is 0 Å². The van der Waals surface area contributed by atoms with E-state index in [-0.39, 0.29) is 5.92 Å². The molecule has 1 aliphatic rings. The lowest BCUT2D eigenvalue weighted by Gasteiger charge is -2.15. The molecule has 0 amide bonds. The predicted octanol–water partition coefficient (Wildman–Crippen LogP) is 1.51. The first kappa shape index (κ1) is 10.5. The van der Waals surface area contributed by atoms with Crippen LogP contribution in [0.1, 0.15) is 39.5 Å². The standard InChI is InChI=1S/C10H20N2O/c1-3-4-5-6-8-7(2)9(13)10(11)12-8/h7-9,13H,3-6H2,1-2H3,(H2,11,12)/t7-,8-,9+/m0/s1. The molecule has 0 aromatic heterocycles. The van der Waals surface area contributed by atoms with Crippen molar-refractivity contribution < 1.29 is 5.11 Å². The van der Waals surface area contributed by atoms with Gasteiger partial charge in [-0.15, -0.1) is 0 Å². The Morgan fingerprint density at radius 1 is 1.46 bits per heavy atom. The van der Waals surface area contributed by atoms with Gasteiger partial charge in [0.2, 0.25) is 0 Å². The van der Waals surface area contributed by atoms with Gasteiger partial charge in [0, 0.05) is 12.0 Å². The Bertz CT molecular complexity index is 182. The van der Waals surface area contributed by atoms with Gasteiger partial charge in [-0.3, -0.25) is 5.41 Å². The molecule has 0 aliphatic carbocycles. The molecule has 13 heavy (non-hydrogen) atoms. The highest BCUT2D eigenvalue weighted by Gasteiger charge is 2.34. The minimum absolute atomic E-state index is 0.198. The van der Waals surface area contributed by atoms with E-state index in [1.165, 1.54) is 19.3 Å². The van der Waals surface area contributed by atoms with Gasteiger partial charge < -0.3 is 10.4 Å². The topological polar surface area (TPSA) is 56.1 Å². The maximum atomic E-state index is 9.51. The van der Waals surface area contributed by atoms with E-state index in [2.05, 4.69) is 12.2 Å². The molecule has 3 heteroatoms. The van der Waals surface area contributed by atoms with E-state index in [9.17, 15) is 5.11 Å². The van der Waals surface area contributed by atoms with Crippen molar-refractivity contribution in [3.8, 4) is 0 Å². The van der Waals surface area contributed by atoms with Crippen LogP contribution in [0.15, 0.2) is 0 Å². The lowest BCUT2D eigenvalue weighted by atomic mass is 9.96. The molecule has 0 aromatic carbocycles. The molecule has 0 saturated carbocycles. The second kappa shape index (κ2) is 4.61. The Morgan fingerprint density at radius 2 is 2.15 bits per heavy atom.